The van der Waals surface area contributed by atoms with Gasteiger partial charge in [-0.25, -0.2) is 15.0 Å². The van der Waals surface area contributed by atoms with Gasteiger partial charge in [0.2, 0.25) is 35.4 Å². The van der Waals surface area contributed by atoms with E-state index in [-0.39, 0.29) is 92.5 Å². The van der Waals surface area contributed by atoms with Crippen molar-refractivity contribution >= 4 is 35.4 Å². The summed E-state index contributed by atoms with van der Waals surface area (Å²) in [5.41, 5.74) is 7.80. The third kappa shape index (κ3) is 17.5. The molecule has 6 aromatic heterocycles. The predicted octanol–water partition coefficient (Wildman–Crippen LogP) is 9.86. The van der Waals surface area contributed by atoms with Crippen LogP contribution in [-0.2, 0) is 28.8 Å². The summed E-state index contributed by atoms with van der Waals surface area (Å²) in [6.45, 7) is 22.8. The van der Waals surface area contributed by atoms with Crippen molar-refractivity contribution in [2.24, 2.45) is 5.41 Å². The SMILES string of the molecule is CC[C@@H](C(=O)N1C[C@H](O)C[C@H]1C(=O)N[C@@H](C)c1ccc(-c2cnco2)cc1)c1cc(C)no1.CC[C@@H](C(=O)N1C[C@H](O)C[C@H]1C(=O)N[C@@H](C)c1ccc(-c2ocnc2C)cc1)c1cc(C)no1.Cc1cc([C@H](C(=O)N2C[C@H](O)C[C@H]2C(=O)N[C@@H](C)c2ccc(-c3cnco3)cc2)C(C)(C)C)on1. The number of hydrogen-bond donors (Lipinski definition) is 6. The van der Waals surface area contributed by atoms with Crippen molar-refractivity contribution in [1.82, 2.24) is 61.1 Å². The first-order chi connectivity index (χ1) is 48.7. The molecule has 3 aromatic carbocycles. The van der Waals surface area contributed by atoms with Crippen molar-refractivity contribution in [3.8, 4) is 34.0 Å². The fourth-order valence-electron chi connectivity index (χ4n) is 13.3. The van der Waals surface area contributed by atoms with Crippen molar-refractivity contribution < 1.29 is 70.9 Å². The maximum absolute atomic E-state index is 13.7. The van der Waals surface area contributed by atoms with Crippen LogP contribution in [0.2, 0.25) is 0 Å². The van der Waals surface area contributed by atoms with E-state index in [1.807, 2.05) is 135 Å². The third-order valence-corrected chi connectivity index (χ3v) is 18.8. The molecule has 6 N–H and O–H groups in total. The Labute approximate surface area is 590 Å². The second kappa shape index (κ2) is 32.5. The number of aryl methyl sites for hydroxylation is 4. The van der Waals surface area contributed by atoms with Crippen LogP contribution >= 0.6 is 0 Å². The number of oxazole rings is 3. The number of carbonyl (C=O) groups excluding carboxylic acids is 6. The molecule has 27 nitrogen and oxygen atoms in total. The molecule has 0 aliphatic carbocycles. The highest BCUT2D eigenvalue weighted by Gasteiger charge is 2.47. The Morgan fingerprint density at radius 2 is 0.833 bits per heavy atom. The van der Waals surface area contributed by atoms with E-state index < -0.39 is 59.6 Å². The van der Waals surface area contributed by atoms with Gasteiger partial charge < -0.3 is 72.8 Å². The van der Waals surface area contributed by atoms with Crippen LogP contribution in [0.3, 0.4) is 0 Å². The Bertz CT molecular complexity index is 4270. The molecule has 12 atom stereocenters. The van der Waals surface area contributed by atoms with Gasteiger partial charge in [0.1, 0.15) is 41.3 Å². The van der Waals surface area contributed by atoms with E-state index in [4.69, 9.17) is 26.8 Å². The molecule has 3 aliphatic rings. The van der Waals surface area contributed by atoms with Gasteiger partial charge >= 0.3 is 0 Å². The Balaban J connectivity index is 0.000000165. The summed E-state index contributed by atoms with van der Waals surface area (Å²) in [5, 5.41) is 51.6. The Kier molecular flexibility index (Phi) is 23.7. The summed E-state index contributed by atoms with van der Waals surface area (Å²) in [7, 11) is 0. The maximum atomic E-state index is 13.7. The van der Waals surface area contributed by atoms with Gasteiger partial charge in [-0.3, -0.25) is 28.8 Å². The molecule has 27 heteroatoms. The molecular weight excluding hydrogens is 1310 g/mol. The molecule has 3 fully saturated rings. The number of amides is 6. The topological polar surface area (TPSA) is 365 Å². The van der Waals surface area contributed by atoms with Crippen LogP contribution in [0.4, 0.5) is 0 Å². The Morgan fingerprint density at radius 3 is 1.13 bits per heavy atom. The first-order valence-corrected chi connectivity index (χ1v) is 34.3. The lowest BCUT2D eigenvalue weighted by atomic mass is 9.78. The molecule has 0 spiro atoms. The Morgan fingerprint density at radius 1 is 0.490 bits per heavy atom. The monoisotopic (exact) mass is 1400 g/mol. The van der Waals surface area contributed by atoms with Gasteiger partial charge in [-0.2, -0.15) is 0 Å². The van der Waals surface area contributed by atoms with Gasteiger partial charge in [0, 0.05) is 73.8 Å². The highest BCUT2D eigenvalue weighted by atomic mass is 16.5. The minimum atomic E-state index is -0.776. The van der Waals surface area contributed by atoms with Crippen LogP contribution in [0.25, 0.3) is 34.0 Å². The molecule has 6 amide bonds. The van der Waals surface area contributed by atoms with E-state index in [0.29, 0.717) is 64.5 Å². The van der Waals surface area contributed by atoms with Crippen LogP contribution in [0.15, 0.2) is 149 Å². The summed E-state index contributed by atoms with van der Waals surface area (Å²) >= 11 is 0. The van der Waals surface area contributed by atoms with Crippen LogP contribution < -0.4 is 16.0 Å². The van der Waals surface area contributed by atoms with Gasteiger partial charge in [0.15, 0.2) is 36.5 Å². The highest BCUT2D eigenvalue weighted by molar-refractivity contribution is 5.93. The van der Waals surface area contributed by atoms with Crippen molar-refractivity contribution in [3.63, 3.8) is 0 Å². The second-order valence-corrected chi connectivity index (χ2v) is 27.6. The predicted molar refractivity (Wildman–Crippen MR) is 371 cm³/mol. The van der Waals surface area contributed by atoms with E-state index in [2.05, 4.69) is 46.4 Å². The molecule has 9 heterocycles. The van der Waals surface area contributed by atoms with Crippen molar-refractivity contribution in [2.75, 3.05) is 19.6 Å². The summed E-state index contributed by atoms with van der Waals surface area (Å²) < 4.78 is 32.1. The summed E-state index contributed by atoms with van der Waals surface area (Å²) in [6, 6.07) is 25.0. The van der Waals surface area contributed by atoms with Gasteiger partial charge in [-0.15, -0.1) is 0 Å². The molecule has 0 radical (unpaired) electrons. The summed E-state index contributed by atoms with van der Waals surface area (Å²) in [6.07, 6.45) is 6.74. The normalized spacial score (nSPS) is 19.9. The number of aliphatic hydroxyl groups excluding tert-OH is 3. The standard InChI is InChI=1S/C26H32N4O5.C25H30N4O5.C24H28N4O5/c1-15-10-21(35-29-15)23(26(3,4)5)25(33)30-13-19(31)11-20(30)24(32)28-16(2)17-6-8-18(9-7-17)22-12-27-14-34-22;1-5-20(22-10-14(2)28-34-22)25(32)29-12-19(30)11-21(29)24(31)27-15(3)17-6-8-18(9-7-17)23-16(4)26-13-33-23;1-4-19(21-9-14(2)27-33-21)24(31)28-12-18(29)10-20(28)23(30)26-15(3)16-5-7-17(8-6-16)22-11-25-13-32-22/h6-10,12,14,16,19-20,23,31H,11,13H2,1-5H3,(H,28,32);6-10,13,15,19-21,30H,5,11-12H2,1-4H3,(H,27,31);5-9,11,13,15,18-20,29H,4,10,12H2,1-3H3,(H,26,30)/t16-,19+,20-,23+;15-,19+,20+,21-;15-,18+,19+,20-/m000/s1. The van der Waals surface area contributed by atoms with Gasteiger partial charge in [0.25, 0.3) is 0 Å². The quantitative estimate of drug-likeness (QED) is 0.0413. The number of likely N-dealkylation sites (tertiary alicyclic amines) is 3. The number of aliphatic hydroxyl groups is 3. The lowest BCUT2D eigenvalue weighted by Crippen LogP contribution is -2.49. The minimum Gasteiger partial charge on any atom is -0.444 e. The molecule has 0 bridgehead atoms. The molecule has 540 valence electrons. The van der Waals surface area contributed by atoms with E-state index in [9.17, 15) is 44.1 Å². The van der Waals surface area contributed by atoms with Crippen molar-refractivity contribution in [1.29, 1.82) is 0 Å². The average Bonchev–Trinajstić information content (AvgIpc) is 1.63. The third-order valence-electron chi connectivity index (χ3n) is 18.8. The highest BCUT2D eigenvalue weighted by Crippen LogP contribution is 2.40. The number of aromatic nitrogens is 6. The van der Waals surface area contributed by atoms with Crippen LogP contribution in [0.1, 0.15) is 180 Å². The zero-order chi connectivity index (χ0) is 73.3. The fourth-order valence-corrected chi connectivity index (χ4v) is 13.3. The fraction of sp³-hybridized carbons (Fsp3) is 0.440. The lowest BCUT2D eigenvalue weighted by molar-refractivity contribution is -0.142. The summed E-state index contributed by atoms with van der Waals surface area (Å²) in [4.78, 5) is 96.2. The van der Waals surface area contributed by atoms with E-state index in [1.54, 1.807) is 51.4 Å². The number of benzene rings is 3. The first kappa shape index (κ1) is 74.3. The Hall–Kier alpha value is -10.4. The molecule has 3 aliphatic heterocycles. The number of nitrogens with zero attached hydrogens (tertiary/aromatic N) is 9. The van der Waals surface area contributed by atoms with Gasteiger partial charge in [-0.05, 0) is 83.4 Å². The largest absolute Gasteiger partial charge is 0.444 e. The molecule has 0 saturated carbocycles. The van der Waals surface area contributed by atoms with E-state index >= 15 is 0 Å². The first-order valence-electron chi connectivity index (χ1n) is 34.3. The average molecular weight is 1400 g/mol. The van der Waals surface area contributed by atoms with Crippen molar-refractivity contribution in [3.05, 3.63) is 179 Å². The van der Waals surface area contributed by atoms with Crippen molar-refractivity contribution in [2.45, 2.75) is 188 Å². The van der Waals surface area contributed by atoms with E-state index in [1.165, 1.54) is 33.9 Å². The van der Waals surface area contributed by atoms with E-state index in [0.717, 1.165) is 39.1 Å². The zero-order valence-corrected chi connectivity index (χ0v) is 59.4. The molecule has 3 saturated heterocycles. The maximum Gasteiger partial charge on any atom is 0.243 e. The van der Waals surface area contributed by atoms with Crippen LogP contribution in [-0.4, -0.2) is 152 Å². The smallest absolute Gasteiger partial charge is 0.243 e. The van der Waals surface area contributed by atoms with Gasteiger partial charge in [-0.1, -0.05) is 123 Å². The lowest BCUT2D eigenvalue weighted by Gasteiger charge is -2.33. The molecule has 0 unspecified atom stereocenters. The number of hydrogen-bond acceptors (Lipinski definition) is 21. The van der Waals surface area contributed by atoms with Gasteiger partial charge in [0.05, 0.1) is 83.4 Å². The molecule has 12 rings (SSSR count). The zero-order valence-electron chi connectivity index (χ0n) is 59.4. The minimum absolute atomic E-state index is 0.0941. The molecular formula is C75H90N12O15. The number of carbonyl (C=O) groups is 6. The van der Waals surface area contributed by atoms with Crippen LogP contribution in [0.5, 0.6) is 0 Å². The number of β-amino-alcohol motifs (C(OH)–C–C–N with tert-alkyl or cyclic N) is 3. The molecule has 102 heavy (non-hydrogen) atoms. The second-order valence-electron chi connectivity index (χ2n) is 27.6. The van der Waals surface area contributed by atoms with Crippen LogP contribution in [0, 0.1) is 33.1 Å². The molecule has 9 aromatic rings. The number of nitrogens with one attached hydrogen (secondary N) is 3. The number of rotatable bonds is 20. The summed E-state index contributed by atoms with van der Waals surface area (Å²) in [5.74, 6) is 0.0856.